The number of nitrogens with one attached hydrogen (secondary N) is 1. The summed E-state index contributed by atoms with van der Waals surface area (Å²) in [6.45, 7) is 4.95. The zero-order chi connectivity index (χ0) is 28.9. The molecule has 0 spiro atoms. The number of fused-ring (bicyclic) bond motifs is 1. The number of nitrogens with zero attached hydrogens (tertiary/aromatic N) is 4. The average molecular weight is 558 g/mol. The molecule has 0 fully saturated rings. The van der Waals surface area contributed by atoms with E-state index in [0.29, 0.717) is 23.4 Å². The second-order valence-electron chi connectivity index (χ2n) is 10.1. The largest absolute Gasteiger partial charge is 0.497 e. The van der Waals surface area contributed by atoms with Crippen molar-refractivity contribution in [2.24, 2.45) is 0 Å². The van der Waals surface area contributed by atoms with Gasteiger partial charge in [0.1, 0.15) is 5.75 Å². The lowest BCUT2D eigenvalue weighted by Gasteiger charge is -2.21. The Labute approximate surface area is 231 Å². The first kappa shape index (κ1) is 30.1. The van der Waals surface area contributed by atoms with Crippen LogP contribution in [-0.4, -0.2) is 93.8 Å². The highest BCUT2D eigenvalue weighted by Gasteiger charge is 2.27. The number of sulfonamides is 1. The Morgan fingerprint density at radius 2 is 1.67 bits per heavy atom. The minimum absolute atomic E-state index is 0.138. The van der Waals surface area contributed by atoms with E-state index in [1.807, 2.05) is 20.2 Å². The normalized spacial score (nSPS) is 11.8. The number of benzene rings is 2. The SMILES string of the molecule is COc1cc(C)c(S(=O)(=O)N(C)CC(=O)NCC(=O)N(C)Cc2ccc3c(ccn3CCN(C)C)c2)c(C)c1. The maximum atomic E-state index is 13.1. The molecule has 3 rings (SSSR count). The Balaban J connectivity index is 1.55. The van der Waals surface area contributed by atoms with E-state index in [2.05, 4.69) is 39.2 Å². The zero-order valence-corrected chi connectivity index (χ0v) is 24.6. The Morgan fingerprint density at radius 3 is 2.28 bits per heavy atom. The van der Waals surface area contributed by atoms with Crippen LogP contribution in [0.25, 0.3) is 10.9 Å². The van der Waals surface area contributed by atoms with Crippen molar-refractivity contribution in [1.29, 1.82) is 0 Å². The van der Waals surface area contributed by atoms with Gasteiger partial charge >= 0.3 is 0 Å². The van der Waals surface area contributed by atoms with Crippen molar-refractivity contribution in [3.63, 3.8) is 0 Å². The lowest BCUT2D eigenvalue weighted by atomic mass is 10.1. The maximum absolute atomic E-state index is 13.1. The lowest BCUT2D eigenvalue weighted by Crippen LogP contribution is -2.43. The number of methoxy groups -OCH3 is 1. The summed E-state index contributed by atoms with van der Waals surface area (Å²) in [6.07, 6.45) is 2.07. The fourth-order valence-corrected chi connectivity index (χ4v) is 5.99. The van der Waals surface area contributed by atoms with Crippen LogP contribution in [0.1, 0.15) is 16.7 Å². The van der Waals surface area contributed by atoms with E-state index in [4.69, 9.17) is 4.74 Å². The van der Waals surface area contributed by atoms with Crippen molar-refractivity contribution < 1.29 is 22.7 Å². The van der Waals surface area contributed by atoms with Gasteiger partial charge in [-0.25, -0.2) is 8.42 Å². The Hall–Kier alpha value is -3.41. The van der Waals surface area contributed by atoms with Gasteiger partial charge in [0.05, 0.1) is 25.1 Å². The van der Waals surface area contributed by atoms with Crippen LogP contribution in [0.15, 0.2) is 47.5 Å². The van der Waals surface area contributed by atoms with Gasteiger partial charge in [-0.15, -0.1) is 0 Å². The van der Waals surface area contributed by atoms with E-state index in [-0.39, 0.29) is 17.3 Å². The Kier molecular flexibility index (Phi) is 9.76. The first-order chi connectivity index (χ1) is 18.3. The van der Waals surface area contributed by atoms with E-state index >= 15 is 0 Å². The molecule has 0 unspecified atom stereocenters. The van der Waals surface area contributed by atoms with Crippen molar-refractivity contribution in [2.75, 3.05) is 54.9 Å². The number of carbonyl (C=O) groups excluding carboxylic acids is 2. The fourth-order valence-electron chi connectivity index (χ4n) is 4.46. The third-order valence-electron chi connectivity index (χ3n) is 6.61. The molecule has 212 valence electrons. The Morgan fingerprint density at radius 1 is 1.00 bits per heavy atom. The Bertz CT molecular complexity index is 1420. The first-order valence-corrected chi connectivity index (χ1v) is 14.1. The van der Waals surface area contributed by atoms with E-state index in [9.17, 15) is 18.0 Å². The second-order valence-corrected chi connectivity index (χ2v) is 12.1. The summed E-state index contributed by atoms with van der Waals surface area (Å²) in [5, 5.41) is 3.65. The highest BCUT2D eigenvalue weighted by molar-refractivity contribution is 7.89. The average Bonchev–Trinajstić information content (AvgIpc) is 3.27. The van der Waals surface area contributed by atoms with Crippen molar-refractivity contribution in [1.82, 2.24) is 24.0 Å². The molecule has 2 amide bonds. The molecule has 0 atom stereocenters. The van der Waals surface area contributed by atoms with Gasteiger partial charge in [0, 0.05) is 45.4 Å². The number of amides is 2. The molecule has 11 heteroatoms. The molecule has 0 aliphatic rings. The molecular weight excluding hydrogens is 518 g/mol. The fraction of sp³-hybridized carbons (Fsp3) is 0.429. The van der Waals surface area contributed by atoms with Gasteiger partial charge in [0.25, 0.3) is 0 Å². The van der Waals surface area contributed by atoms with Gasteiger partial charge in [-0.1, -0.05) is 6.07 Å². The van der Waals surface area contributed by atoms with E-state index in [1.165, 1.54) is 19.1 Å². The summed E-state index contributed by atoms with van der Waals surface area (Å²) in [4.78, 5) is 29.0. The van der Waals surface area contributed by atoms with Crippen molar-refractivity contribution in [3.8, 4) is 5.75 Å². The summed E-state index contributed by atoms with van der Waals surface area (Å²) in [5.74, 6) is -0.281. The van der Waals surface area contributed by atoms with Crippen molar-refractivity contribution >= 4 is 32.7 Å². The minimum Gasteiger partial charge on any atom is -0.497 e. The molecule has 0 aliphatic carbocycles. The topological polar surface area (TPSA) is 104 Å². The molecule has 0 saturated heterocycles. The number of hydrogen-bond donors (Lipinski definition) is 1. The summed E-state index contributed by atoms with van der Waals surface area (Å²) >= 11 is 0. The van der Waals surface area contributed by atoms with Crippen LogP contribution in [0, 0.1) is 13.8 Å². The van der Waals surface area contributed by atoms with Crippen molar-refractivity contribution in [2.45, 2.75) is 31.8 Å². The molecule has 0 bridgehead atoms. The third-order valence-corrected chi connectivity index (χ3v) is 8.72. The van der Waals surface area contributed by atoms with Crippen LogP contribution in [0.3, 0.4) is 0 Å². The highest BCUT2D eigenvalue weighted by atomic mass is 32.2. The van der Waals surface area contributed by atoms with Gasteiger partial charge in [0.15, 0.2) is 0 Å². The smallest absolute Gasteiger partial charge is 0.243 e. The van der Waals surface area contributed by atoms with Crippen LogP contribution in [0.5, 0.6) is 5.75 Å². The van der Waals surface area contributed by atoms with Crippen LogP contribution in [-0.2, 0) is 32.7 Å². The van der Waals surface area contributed by atoms with Crippen LogP contribution >= 0.6 is 0 Å². The van der Waals surface area contributed by atoms with Gasteiger partial charge in [0.2, 0.25) is 21.8 Å². The van der Waals surface area contributed by atoms with Gasteiger partial charge in [-0.05, 0) is 80.4 Å². The summed E-state index contributed by atoms with van der Waals surface area (Å²) in [5.41, 5.74) is 3.17. The number of ether oxygens (including phenoxy) is 1. The molecule has 39 heavy (non-hydrogen) atoms. The summed E-state index contributed by atoms with van der Waals surface area (Å²) in [7, 11) is 4.70. The number of carbonyl (C=O) groups is 2. The number of aromatic nitrogens is 1. The molecule has 0 radical (unpaired) electrons. The molecule has 2 aromatic carbocycles. The van der Waals surface area contributed by atoms with Crippen LogP contribution in [0.4, 0.5) is 0 Å². The summed E-state index contributed by atoms with van der Waals surface area (Å²) in [6, 6.07) is 11.5. The molecule has 0 aliphatic heterocycles. The molecule has 1 heterocycles. The number of rotatable bonds is 12. The molecule has 0 saturated carbocycles. The molecule has 1 aromatic heterocycles. The molecule has 10 nitrogen and oxygen atoms in total. The summed E-state index contributed by atoms with van der Waals surface area (Å²) < 4.78 is 34.7. The standard InChI is InChI=1S/C28H39N5O5S/c1-20-14-24(38-7)15-21(2)28(20)39(36,37)32(6)19-26(34)29-17-27(35)31(5)18-22-8-9-25-23(16-22)10-11-33(25)13-12-30(3)4/h8-11,14-16H,12-13,17-19H2,1-7H3,(H,29,34). The van der Waals surface area contributed by atoms with E-state index < -0.39 is 22.5 Å². The molecular formula is C28H39N5O5S. The predicted molar refractivity (Wildman–Crippen MR) is 152 cm³/mol. The van der Waals surface area contributed by atoms with Gasteiger partial charge in [-0.2, -0.15) is 4.31 Å². The highest BCUT2D eigenvalue weighted by Crippen LogP contribution is 2.27. The van der Waals surface area contributed by atoms with E-state index in [1.54, 1.807) is 33.0 Å². The second kappa shape index (κ2) is 12.6. The number of hydrogen-bond acceptors (Lipinski definition) is 6. The first-order valence-electron chi connectivity index (χ1n) is 12.7. The number of likely N-dealkylation sites (N-methyl/N-ethyl adjacent to an activating group) is 3. The van der Waals surface area contributed by atoms with Gasteiger partial charge in [-0.3, -0.25) is 9.59 Å². The third kappa shape index (κ3) is 7.37. The maximum Gasteiger partial charge on any atom is 0.243 e. The quantitative estimate of drug-likeness (QED) is 0.366. The zero-order valence-electron chi connectivity index (χ0n) is 23.8. The predicted octanol–water partition coefficient (Wildman–Crippen LogP) is 2.22. The molecule has 3 aromatic rings. The van der Waals surface area contributed by atoms with Gasteiger partial charge < -0.3 is 24.4 Å². The van der Waals surface area contributed by atoms with Crippen LogP contribution < -0.4 is 10.1 Å². The van der Waals surface area contributed by atoms with Crippen molar-refractivity contribution in [3.05, 3.63) is 59.3 Å². The lowest BCUT2D eigenvalue weighted by molar-refractivity contribution is -0.132. The van der Waals surface area contributed by atoms with Crippen LogP contribution in [0.2, 0.25) is 0 Å². The van der Waals surface area contributed by atoms with E-state index in [0.717, 1.165) is 33.9 Å². The monoisotopic (exact) mass is 557 g/mol. The minimum atomic E-state index is -3.92. The number of aryl methyl sites for hydroxylation is 2. The molecule has 1 N–H and O–H groups in total.